The van der Waals surface area contributed by atoms with Crippen LogP contribution in [0, 0.1) is 13.8 Å². The van der Waals surface area contributed by atoms with Crippen LogP contribution < -0.4 is 5.32 Å². The zero-order valence-corrected chi connectivity index (χ0v) is 14.0. The first-order chi connectivity index (χ1) is 10.5. The van der Waals surface area contributed by atoms with Crippen molar-refractivity contribution in [2.24, 2.45) is 0 Å². The van der Waals surface area contributed by atoms with Crippen molar-refractivity contribution in [3.05, 3.63) is 28.5 Å². The fraction of sp³-hybridized carbons (Fsp3) is 0.500. The van der Waals surface area contributed by atoms with Crippen LogP contribution in [0.3, 0.4) is 0 Å². The molecule has 0 unspecified atom stereocenters. The van der Waals surface area contributed by atoms with Gasteiger partial charge in [0.05, 0.1) is 5.69 Å². The number of aryl methyl sites for hydroxylation is 2. The van der Waals surface area contributed by atoms with Crippen LogP contribution in [0.25, 0.3) is 10.8 Å². The second-order valence-electron chi connectivity index (χ2n) is 5.89. The Morgan fingerprint density at radius 3 is 2.73 bits per heavy atom. The molecule has 1 N–H and O–H groups in total. The molecule has 0 bridgehead atoms. The number of nitrogens with zero attached hydrogens (tertiary/aromatic N) is 2. The lowest BCUT2D eigenvalue weighted by Crippen LogP contribution is -2.43. The summed E-state index contributed by atoms with van der Waals surface area (Å²) in [7, 11) is 2.11. The lowest BCUT2D eigenvalue weighted by atomic mass is 10.1. The van der Waals surface area contributed by atoms with Gasteiger partial charge in [0.25, 0.3) is 5.91 Å². The van der Waals surface area contributed by atoms with Crippen molar-refractivity contribution < 1.29 is 9.21 Å². The molecule has 1 amide bonds. The number of piperidine rings is 1. The first-order valence-electron chi connectivity index (χ1n) is 7.56. The molecule has 0 saturated carbocycles. The number of hydrogen-bond acceptors (Lipinski definition) is 5. The molecule has 6 heteroatoms. The van der Waals surface area contributed by atoms with Gasteiger partial charge in [-0.3, -0.25) is 4.79 Å². The first-order valence-corrected chi connectivity index (χ1v) is 8.38. The summed E-state index contributed by atoms with van der Waals surface area (Å²) >= 11 is 1.40. The number of likely N-dealkylation sites (tertiary alicyclic amines) is 1. The second kappa shape index (κ2) is 6.22. The van der Waals surface area contributed by atoms with E-state index in [0.717, 1.165) is 48.2 Å². The van der Waals surface area contributed by atoms with Crippen LogP contribution in [-0.4, -0.2) is 42.0 Å². The van der Waals surface area contributed by atoms with Crippen LogP contribution in [0.2, 0.25) is 0 Å². The zero-order chi connectivity index (χ0) is 15.7. The van der Waals surface area contributed by atoms with E-state index in [2.05, 4.69) is 22.2 Å². The molecule has 1 aliphatic heterocycles. The van der Waals surface area contributed by atoms with E-state index in [1.54, 1.807) is 0 Å². The third-order valence-electron chi connectivity index (χ3n) is 4.01. The first kappa shape index (κ1) is 15.2. The summed E-state index contributed by atoms with van der Waals surface area (Å²) in [6.45, 7) is 5.84. The molecular weight excluding hydrogens is 298 g/mol. The van der Waals surface area contributed by atoms with Gasteiger partial charge in [0.15, 0.2) is 10.8 Å². The molecule has 0 spiro atoms. The normalized spacial score (nSPS) is 16.9. The monoisotopic (exact) mass is 319 g/mol. The molecule has 1 aliphatic rings. The smallest absolute Gasteiger partial charge is 0.263 e. The van der Waals surface area contributed by atoms with Crippen molar-refractivity contribution in [2.45, 2.75) is 32.7 Å². The number of hydrogen-bond donors (Lipinski definition) is 1. The molecule has 1 fully saturated rings. The van der Waals surface area contributed by atoms with Gasteiger partial charge in [-0.25, -0.2) is 4.98 Å². The van der Waals surface area contributed by atoms with E-state index in [1.807, 2.05) is 26.0 Å². The molecule has 2 aromatic rings. The SMILES string of the molecule is Cc1ccc(-c2nc(C)c(C(=O)NC3CCN(C)CC3)s2)o1. The second-order valence-corrected chi connectivity index (χ2v) is 6.89. The van der Waals surface area contributed by atoms with Crippen molar-refractivity contribution in [2.75, 3.05) is 20.1 Å². The Bertz CT molecular complexity index is 669. The number of nitrogens with one attached hydrogen (secondary N) is 1. The molecular formula is C16H21N3O2S. The quantitative estimate of drug-likeness (QED) is 0.945. The van der Waals surface area contributed by atoms with Crippen molar-refractivity contribution in [3.63, 3.8) is 0 Å². The summed E-state index contributed by atoms with van der Waals surface area (Å²) in [5, 5.41) is 3.90. The maximum absolute atomic E-state index is 12.5. The molecule has 0 atom stereocenters. The Kier molecular flexibility index (Phi) is 4.31. The number of thiazole rings is 1. The summed E-state index contributed by atoms with van der Waals surface area (Å²) in [5.41, 5.74) is 0.763. The Labute approximate surface area is 134 Å². The van der Waals surface area contributed by atoms with Crippen LogP contribution >= 0.6 is 11.3 Å². The minimum Gasteiger partial charge on any atom is -0.459 e. The minimum atomic E-state index is -0.0147. The van der Waals surface area contributed by atoms with E-state index in [4.69, 9.17) is 4.42 Å². The van der Waals surface area contributed by atoms with Crippen LogP contribution in [0.4, 0.5) is 0 Å². The van der Waals surface area contributed by atoms with Crippen molar-refractivity contribution >= 4 is 17.2 Å². The van der Waals surface area contributed by atoms with Gasteiger partial charge in [0.1, 0.15) is 10.6 Å². The molecule has 2 aromatic heterocycles. The molecule has 118 valence electrons. The highest BCUT2D eigenvalue weighted by molar-refractivity contribution is 7.17. The third-order valence-corrected chi connectivity index (χ3v) is 5.18. The van der Waals surface area contributed by atoms with E-state index >= 15 is 0 Å². The number of amides is 1. The lowest BCUT2D eigenvalue weighted by Gasteiger charge is -2.29. The van der Waals surface area contributed by atoms with Crippen LogP contribution in [0.15, 0.2) is 16.5 Å². The van der Waals surface area contributed by atoms with Gasteiger partial charge >= 0.3 is 0 Å². The van der Waals surface area contributed by atoms with Gasteiger partial charge in [0.2, 0.25) is 0 Å². The lowest BCUT2D eigenvalue weighted by molar-refractivity contribution is 0.0920. The molecule has 3 heterocycles. The van der Waals surface area contributed by atoms with E-state index in [-0.39, 0.29) is 11.9 Å². The van der Waals surface area contributed by atoms with Gasteiger partial charge in [0, 0.05) is 6.04 Å². The third kappa shape index (κ3) is 3.23. The van der Waals surface area contributed by atoms with E-state index < -0.39 is 0 Å². The number of rotatable bonds is 3. The maximum Gasteiger partial charge on any atom is 0.263 e. The Hall–Kier alpha value is -1.66. The average Bonchev–Trinajstić information content (AvgIpc) is 3.07. The highest BCUT2D eigenvalue weighted by atomic mass is 32.1. The molecule has 0 aromatic carbocycles. The van der Waals surface area contributed by atoms with Crippen molar-refractivity contribution in [3.8, 4) is 10.8 Å². The summed E-state index contributed by atoms with van der Waals surface area (Å²) in [4.78, 5) is 19.9. The summed E-state index contributed by atoms with van der Waals surface area (Å²) in [6, 6.07) is 4.07. The number of aromatic nitrogens is 1. The highest BCUT2D eigenvalue weighted by Crippen LogP contribution is 2.29. The van der Waals surface area contributed by atoms with Crippen LogP contribution in [-0.2, 0) is 0 Å². The Balaban J connectivity index is 1.71. The van der Waals surface area contributed by atoms with Gasteiger partial charge in [-0.05, 0) is 59.0 Å². The number of furan rings is 1. The molecule has 0 aliphatic carbocycles. The zero-order valence-electron chi connectivity index (χ0n) is 13.2. The molecule has 22 heavy (non-hydrogen) atoms. The molecule has 3 rings (SSSR count). The topological polar surface area (TPSA) is 58.4 Å². The average molecular weight is 319 g/mol. The Morgan fingerprint density at radius 2 is 2.09 bits per heavy atom. The van der Waals surface area contributed by atoms with Crippen molar-refractivity contribution in [1.82, 2.24) is 15.2 Å². The van der Waals surface area contributed by atoms with Crippen molar-refractivity contribution in [1.29, 1.82) is 0 Å². The summed E-state index contributed by atoms with van der Waals surface area (Å²) in [6.07, 6.45) is 2.01. The largest absolute Gasteiger partial charge is 0.459 e. The highest BCUT2D eigenvalue weighted by Gasteiger charge is 2.22. The predicted octanol–water partition coefficient (Wildman–Crippen LogP) is 2.84. The van der Waals surface area contributed by atoms with Crippen LogP contribution in [0.1, 0.15) is 34.0 Å². The fourth-order valence-corrected chi connectivity index (χ4v) is 3.60. The number of carbonyl (C=O) groups excluding carboxylic acids is 1. The minimum absolute atomic E-state index is 0.0147. The fourth-order valence-electron chi connectivity index (χ4n) is 2.67. The summed E-state index contributed by atoms with van der Waals surface area (Å²) < 4.78 is 5.59. The van der Waals surface area contributed by atoms with Gasteiger partial charge < -0.3 is 14.6 Å². The van der Waals surface area contributed by atoms with E-state index in [9.17, 15) is 4.79 Å². The maximum atomic E-state index is 12.5. The predicted molar refractivity (Wildman–Crippen MR) is 87.3 cm³/mol. The van der Waals surface area contributed by atoms with Gasteiger partial charge in [-0.1, -0.05) is 0 Å². The Morgan fingerprint density at radius 1 is 1.36 bits per heavy atom. The van der Waals surface area contributed by atoms with Gasteiger partial charge in [-0.2, -0.15) is 0 Å². The van der Waals surface area contributed by atoms with Crippen LogP contribution in [0.5, 0.6) is 0 Å². The van der Waals surface area contributed by atoms with E-state index in [1.165, 1.54) is 11.3 Å². The number of carbonyl (C=O) groups is 1. The molecule has 5 nitrogen and oxygen atoms in total. The molecule has 0 radical (unpaired) electrons. The molecule has 1 saturated heterocycles. The van der Waals surface area contributed by atoms with Gasteiger partial charge in [-0.15, -0.1) is 11.3 Å². The van der Waals surface area contributed by atoms with E-state index in [0.29, 0.717) is 4.88 Å². The summed E-state index contributed by atoms with van der Waals surface area (Å²) in [5.74, 6) is 1.56. The standard InChI is InChI=1S/C16H21N3O2S/c1-10-4-5-13(21-10)16-17-11(2)14(22-16)15(20)18-12-6-8-19(3)9-7-12/h4-5,12H,6-9H2,1-3H3,(H,18,20).